The number of benzene rings is 2. The van der Waals surface area contributed by atoms with Gasteiger partial charge in [-0.15, -0.1) is 0 Å². The molecule has 0 aromatic heterocycles. The fourth-order valence-corrected chi connectivity index (χ4v) is 1.72. The van der Waals surface area contributed by atoms with Gasteiger partial charge in [-0.3, -0.25) is 0 Å². The molecule has 0 aliphatic carbocycles. The summed E-state index contributed by atoms with van der Waals surface area (Å²) in [5.41, 5.74) is 1.94. The molecule has 2 aromatic rings. The van der Waals surface area contributed by atoms with Gasteiger partial charge in [0.25, 0.3) is 0 Å². The molecular formula is C16H17NO2. The Kier molecular flexibility index (Phi) is 4.56. The Balaban J connectivity index is 1.95. The second kappa shape index (κ2) is 6.59. The van der Waals surface area contributed by atoms with Crippen LogP contribution in [0.4, 0.5) is 0 Å². The van der Waals surface area contributed by atoms with Gasteiger partial charge in [-0.2, -0.15) is 0 Å². The maximum absolute atomic E-state index is 8.59. The van der Waals surface area contributed by atoms with Gasteiger partial charge in [0, 0.05) is 0 Å². The highest BCUT2D eigenvalue weighted by Gasteiger charge is 1.99. The third kappa shape index (κ3) is 4.14. The van der Waals surface area contributed by atoms with Gasteiger partial charge in [0.1, 0.15) is 11.5 Å². The van der Waals surface area contributed by atoms with Crippen molar-refractivity contribution in [3.05, 3.63) is 60.2 Å². The van der Waals surface area contributed by atoms with Crippen LogP contribution in [0.15, 0.2) is 59.8 Å². The van der Waals surface area contributed by atoms with E-state index in [4.69, 9.17) is 9.94 Å². The first-order chi connectivity index (χ1) is 9.28. The predicted molar refractivity (Wildman–Crippen MR) is 76.2 cm³/mol. The third-order valence-corrected chi connectivity index (χ3v) is 2.85. The first-order valence-electron chi connectivity index (χ1n) is 6.27. The van der Waals surface area contributed by atoms with Crippen LogP contribution in [0.2, 0.25) is 0 Å². The molecule has 0 fully saturated rings. The van der Waals surface area contributed by atoms with Crippen molar-refractivity contribution in [1.29, 1.82) is 0 Å². The minimum absolute atomic E-state index is 0.740. The van der Waals surface area contributed by atoms with Crippen LogP contribution in [0.3, 0.4) is 0 Å². The van der Waals surface area contributed by atoms with E-state index in [9.17, 15) is 0 Å². The zero-order valence-electron chi connectivity index (χ0n) is 10.9. The van der Waals surface area contributed by atoms with Crippen LogP contribution in [-0.4, -0.2) is 10.9 Å². The summed E-state index contributed by atoms with van der Waals surface area (Å²) in [6.07, 6.45) is 1.62. The average Bonchev–Trinajstić information content (AvgIpc) is 2.47. The van der Waals surface area contributed by atoms with Crippen molar-refractivity contribution in [1.82, 2.24) is 0 Å². The number of hydrogen-bond donors (Lipinski definition) is 1. The second-order valence-electron chi connectivity index (χ2n) is 4.39. The molecule has 0 aliphatic heterocycles. The van der Waals surface area contributed by atoms with Crippen molar-refractivity contribution in [2.24, 2.45) is 5.16 Å². The lowest BCUT2D eigenvalue weighted by molar-refractivity contribution is 0.317. The first-order valence-corrected chi connectivity index (χ1v) is 6.27. The van der Waals surface area contributed by atoms with E-state index in [-0.39, 0.29) is 0 Å². The molecule has 0 saturated carbocycles. The Morgan fingerprint density at radius 2 is 1.63 bits per heavy atom. The zero-order valence-corrected chi connectivity index (χ0v) is 10.9. The highest BCUT2D eigenvalue weighted by atomic mass is 16.5. The standard InChI is InChI=1S/C16H17NO2/c1-13(17-18)7-8-14-9-11-16(12-10-14)19-15-5-3-2-4-6-15/h2-6,9-12,18H,7-8H2,1H3/b17-13+. The molecule has 3 heteroatoms. The van der Waals surface area contributed by atoms with Crippen molar-refractivity contribution < 1.29 is 9.94 Å². The number of nitrogens with zero attached hydrogens (tertiary/aromatic N) is 1. The van der Waals surface area contributed by atoms with Gasteiger partial charge in [0.2, 0.25) is 0 Å². The maximum atomic E-state index is 8.59. The molecule has 1 N–H and O–H groups in total. The Morgan fingerprint density at radius 3 is 2.26 bits per heavy atom. The van der Waals surface area contributed by atoms with Crippen molar-refractivity contribution in [3.8, 4) is 11.5 Å². The number of ether oxygens (including phenoxy) is 1. The minimum Gasteiger partial charge on any atom is -0.457 e. The number of oxime groups is 1. The summed E-state index contributed by atoms with van der Waals surface area (Å²) in [6, 6.07) is 17.7. The van der Waals surface area contributed by atoms with E-state index >= 15 is 0 Å². The molecular weight excluding hydrogens is 238 g/mol. The number of rotatable bonds is 5. The molecule has 0 heterocycles. The molecule has 2 rings (SSSR count). The number of aryl methyl sites for hydroxylation is 1. The fraction of sp³-hybridized carbons (Fsp3) is 0.188. The quantitative estimate of drug-likeness (QED) is 0.492. The smallest absolute Gasteiger partial charge is 0.127 e. The lowest BCUT2D eigenvalue weighted by Crippen LogP contribution is -1.95. The summed E-state index contributed by atoms with van der Waals surface area (Å²) in [7, 11) is 0. The van der Waals surface area contributed by atoms with E-state index in [0.29, 0.717) is 0 Å². The Morgan fingerprint density at radius 1 is 1.00 bits per heavy atom. The van der Waals surface area contributed by atoms with Gasteiger partial charge in [-0.25, -0.2) is 0 Å². The normalized spacial score (nSPS) is 11.3. The van der Waals surface area contributed by atoms with Gasteiger partial charge in [0.15, 0.2) is 0 Å². The predicted octanol–water partition coefficient (Wildman–Crippen LogP) is 4.26. The van der Waals surface area contributed by atoms with Crippen LogP contribution < -0.4 is 4.74 Å². The van der Waals surface area contributed by atoms with Crippen molar-refractivity contribution in [2.45, 2.75) is 19.8 Å². The van der Waals surface area contributed by atoms with Gasteiger partial charge in [-0.1, -0.05) is 35.5 Å². The molecule has 98 valence electrons. The average molecular weight is 255 g/mol. The first kappa shape index (κ1) is 13.1. The van der Waals surface area contributed by atoms with Gasteiger partial charge in [0.05, 0.1) is 5.71 Å². The molecule has 0 aliphatic rings. The SMILES string of the molecule is C/C(CCc1ccc(Oc2ccccc2)cc1)=N\O. The van der Waals surface area contributed by atoms with Gasteiger partial charge in [-0.05, 0) is 49.6 Å². The Hall–Kier alpha value is -2.29. The summed E-state index contributed by atoms with van der Waals surface area (Å²) in [5, 5.41) is 11.8. The van der Waals surface area contributed by atoms with E-state index in [0.717, 1.165) is 30.1 Å². The minimum atomic E-state index is 0.740. The molecule has 0 amide bonds. The summed E-state index contributed by atoms with van der Waals surface area (Å²) in [5.74, 6) is 1.65. The van der Waals surface area contributed by atoms with Gasteiger partial charge >= 0.3 is 0 Å². The molecule has 3 nitrogen and oxygen atoms in total. The molecule has 0 bridgehead atoms. The summed E-state index contributed by atoms with van der Waals surface area (Å²) >= 11 is 0. The van der Waals surface area contributed by atoms with E-state index in [1.807, 2.05) is 61.5 Å². The lowest BCUT2D eigenvalue weighted by Gasteiger charge is -2.06. The topological polar surface area (TPSA) is 41.8 Å². The Labute approximate surface area is 113 Å². The highest BCUT2D eigenvalue weighted by molar-refractivity contribution is 5.81. The molecule has 0 spiro atoms. The van der Waals surface area contributed by atoms with E-state index in [1.54, 1.807) is 0 Å². The third-order valence-electron chi connectivity index (χ3n) is 2.85. The summed E-state index contributed by atoms with van der Waals surface area (Å²) in [6.45, 7) is 1.81. The maximum Gasteiger partial charge on any atom is 0.127 e. The van der Waals surface area contributed by atoms with Gasteiger partial charge < -0.3 is 9.94 Å². The van der Waals surface area contributed by atoms with Crippen LogP contribution in [0.5, 0.6) is 11.5 Å². The van der Waals surface area contributed by atoms with Crippen LogP contribution >= 0.6 is 0 Å². The lowest BCUT2D eigenvalue weighted by atomic mass is 10.1. The second-order valence-corrected chi connectivity index (χ2v) is 4.39. The van der Waals surface area contributed by atoms with Crippen molar-refractivity contribution in [3.63, 3.8) is 0 Å². The molecule has 0 radical (unpaired) electrons. The fourth-order valence-electron chi connectivity index (χ4n) is 1.72. The van der Waals surface area contributed by atoms with Crippen LogP contribution in [-0.2, 0) is 6.42 Å². The largest absolute Gasteiger partial charge is 0.457 e. The molecule has 19 heavy (non-hydrogen) atoms. The molecule has 0 atom stereocenters. The molecule has 2 aromatic carbocycles. The van der Waals surface area contributed by atoms with Crippen LogP contribution in [0, 0.1) is 0 Å². The van der Waals surface area contributed by atoms with Crippen LogP contribution in [0.25, 0.3) is 0 Å². The Bertz CT molecular complexity index is 532. The van der Waals surface area contributed by atoms with Crippen molar-refractivity contribution in [2.75, 3.05) is 0 Å². The molecule has 0 saturated heterocycles. The zero-order chi connectivity index (χ0) is 13.5. The number of para-hydroxylation sites is 1. The van der Waals surface area contributed by atoms with Crippen molar-refractivity contribution >= 4 is 5.71 Å². The van der Waals surface area contributed by atoms with E-state index in [2.05, 4.69) is 5.16 Å². The van der Waals surface area contributed by atoms with E-state index in [1.165, 1.54) is 5.56 Å². The van der Waals surface area contributed by atoms with Crippen LogP contribution in [0.1, 0.15) is 18.9 Å². The molecule has 0 unspecified atom stereocenters. The number of hydrogen-bond acceptors (Lipinski definition) is 3. The highest BCUT2D eigenvalue weighted by Crippen LogP contribution is 2.21. The van der Waals surface area contributed by atoms with E-state index < -0.39 is 0 Å². The summed E-state index contributed by atoms with van der Waals surface area (Å²) in [4.78, 5) is 0. The summed E-state index contributed by atoms with van der Waals surface area (Å²) < 4.78 is 5.72. The monoisotopic (exact) mass is 255 g/mol.